The zero-order valence-electron chi connectivity index (χ0n) is 9.46. The first-order valence-corrected chi connectivity index (χ1v) is 4.97. The molecule has 0 aliphatic heterocycles. The molecule has 0 amide bonds. The largest absolute Gasteiger partial charge is 0.382 e. The van der Waals surface area contributed by atoms with Gasteiger partial charge in [-0.1, -0.05) is 13.8 Å². The Bertz CT molecular complexity index is 286. The zero-order chi connectivity index (χ0) is 10.6. The van der Waals surface area contributed by atoms with Gasteiger partial charge in [0.15, 0.2) is 0 Å². The highest BCUT2D eigenvalue weighted by atomic mass is 35.5. The molecule has 15 heavy (non-hydrogen) atoms. The number of nitrogens with one attached hydrogen (secondary N) is 1. The number of hydrogen-bond acceptors (Lipinski definition) is 2. The number of hydrogen-bond donors (Lipinski definition) is 1. The maximum Gasteiger partial charge on any atom is 0.109 e. The highest BCUT2D eigenvalue weighted by Gasteiger charge is 2.05. The van der Waals surface area contributed by atoms with Crippen molar-refractivity contribution in [2.75, 3.05) is 18.5 Å². The number of aromatic nitrogens is 2. The van der Waals surface area contributed by atoms with E-state index in [9.17, 15) is 4.39 Å². The summed E-state index contributed by atoms with van der Waals surface area (Å²) in [6.45, 7) is 7.14. The van der Waals surface area contributed by atoms with Gasteiger partial charge in [-0.2, -0.15) is 5.10 Å². The number of halogens is 2. The molecule has 1 aromatic rings. The van der Waals surface area contributed by atoms with Crippen LogP contribution in [0.3, 0.4) is 0 Å². The first-order chi connectivity index (χ1) is 6.65. The lowest BCUT2D eigenvalue weighted by molar-refractivity contribution is 0.423. The molecule has 0 bridgehead atoms. The molecule has 0 aliphatic carbocycles. The summed E-state index contributed by atoms with van der Waals surface area (Å²) in [6, 6.07) is 0. The van der Waals surface area contributed by atoms with Crippen LogP contribution in [0.4, 0.5) is 10.1 Å². The second-order valence-electron chi connectivity index (χ2n) is 3.83. The molecule has 0 fully saturated rings. The summed E-state index contributed by atoms with van der Waals surface area (Å²) in [5.74, 6) is 0.596. The van der Waals surface area contributed by atoms with E-state index < -0.39 is 0 Å². The Morgan fingerprint density at radius 3 is 2.73 bits per heavy atom. The second-order valence-corrected chi connectivity index (χ2v) is 3.83. The van der Waals surface area contributed by atoms with Crippen molar-refractivity contribution in [1.82, 2.24) is 9.78 Å². The maximum absolute atomic E-state index is 12.1. The molecule has 88 valence electrons. The van der Waals surface area contributed by atoms with Crippen LogP contribution >= 0.6 is 12.4 Å². The zero-order valence-corrected chi connectivity index (χ0v) is 10.3. The minimum atomic E-state index is -0.369. The Morgan fingerprint density at radius 2 is 2.20 bits per heavy atom. The average molecular weight is 236 g/mol. The third kappa shape index (κ3) is 4.08. The summed E-state index contributed by atoms with van der Waals surface area (Å²) in [6.07, 6.45) is 1.76. The predicted molar refractivity (Wildman–Crippen MR) is 63.5 cm³/mol. The summed E-state index contributed by atoms with van der Waals surface area (Å²) in [7, 11) is 0. The molecule has 0 atom stereocenters. The van der Waals surface area contributed by atoms with Crippen molar-refractivity contribution in [3.05, 3.63) is 11.9 Å². The Morgan fingerprint density at radius 1 is 1.53 bits per heavy atom. The fourth-order valence-corrected chi connectivity index (χ4v) is 1.24. The van der Waals surface area contributed by atoms with Gasteiger partial charge >= 0.3 is 0 Å². The third-order valence-electron chi connectivity index (χ3n) is 2.10. The van der Waals surface area contributed by atoms with Crippen molar-refractivity contribution in [3.63, 3.8) is 0 Å². The van der Waals surface area contributed by atoms with Gasteiger partial charge in [0.05, 0.1) is 24.1 Å². The Balaban J connectivity index is 0.00000196. The number of nitrogens with zero attached hydrogens (tertiary/aromatic N) is 2. The van der Waals surface area contributed by atoms with E-state index >= 15 is 0 Å². The fraction of sp³-hybridized carbons (Fsp3) is 0.700. The summed E-state index contributed by atoms with van der Waals surface area (Å²) in [5, 5.41) is 7.38. The molecule has 5 heteroatoms. The lowest BCUT2D eigenvalue weighted by atomic mass is 10.2. The highest BCUT2D eigenvalue weighted by Crippen LogP contribution is 2.13. The fourth-order valence-electron chi connectivity index (χ4n) is 1.24. The van der Waals surface area contributed by atoms with Crippen molar-refractivity contribution in [2.45, 2.75) is 27.3 Å². The van der Waals surface area contributed by atoms with E-state index in [0.29, 0.717) is 12.5 Å². The van der Waals surface area contributed by atoms with Gasteiger partial charge in [0, 0.05) is 6.54 Å². The van der Waals surface area contributed by atoms with E-state index in [0.717, 1.165) is 17.9 Å². The topological polar surface area (TPSA) is 29.9 Å². The van der Waals surface area contributed by atoms with E-state index in [2.05, 4.69) is 24.3 Å². The number of anilines is 1. The molecule has 0 aromatic carbocycles. The van der Waals surface area contributed by atoms with Crippen LogP contribution in [0, 0.1) is 12.8 Å². The summed E-state index contributed by atoms with van der Waals surface area (Å²) >= 11 is 0. The van der Waals surface area contributed by atoms with Gasteiger partial charge in [-0.05, 0) is 12.8 Å². The molecule has 1 aromatic heterocycles. The quantitative estimate of drug-likeness (QED) is 0.851. The molecule has 0 spiro atoms. The molecule has 0 saturated carbocycles. The van der Waals surface area contributed by atoms with Crippen LogP contribution < -0.4 is 5.32 Å². The molecular formula is C10H19ClFN3. The Hall–Kier alpha value is -0.770. The third-order valence-corrected chi connectivity index (χ3v) is 2.10. The van der Waals surface area contributed by atoms with Gasteiger partial charge < -0.3 is 5.32 Å². The van der Waals surface area contributed by atoms with Crippen LogP contribution in [-0.2, 0) is 6.54 Å². The van der Waals surface area contributed by atoms with Gasteiger partial charge in [0.2, 0.25) is 0 Å². The van der Waals surface area contributed by atoms with Crippen LogP contribution in [0.5, 0.6) is 0 Å². The SMILES string of the molecule is Cc1c(NCC(C)C)cnn1CCF.Cl. The number of alkyl halides is 1. The van der Waals surface area contributed by atoms with Crippen LogP contribution in [0.25, 0.3) is 0 Å². The van der Waals surface area contributed by atoms with E-state index in [-0.39, 0.29) is 19.1 Å². The standard InChI is InChI=1S/C10H18FN3.ClH/c1-8(2)6-12-10-7-13-14(5-4-11)9(10)3;/h7-8,12H,4-6H2,1-3H3;1H. The molecule has 1 rings (SSSR count). The van der Waals surface area contributed by atoms with E-state index in [4.69, 9.17) is 0 Å². The summed E-state index contributed by atoms with van der Waals surface area (Å²) < 4.78 is 13.8. The molecular weight excluding hydrogens is 217 g/mol. The van der Waals surface area contributed by atoms with E-state index in [1.807, 2.05) is 6.92 Å². The van der Waals surface area contributed by atoms with Gasteiger partial charge in [-0.25, -0.2) is 4.39 Å². The van der Waals surface area contributed by atoms with Gasteiger partial charge in [0.25, 0.3) is 0 Å². The maximum atomic E-state index is 12.1. The van der Waals surface area contributed by atoms with Crippen molar-refractivity contribution < 1.29 is 4.39 Å². The lowest BCUT2D eigenvalue weighted by Crippen LogP contribution is -2.09. The first kappa shape index (κ1) is 14.2. The first-order valence-electron chi connectivity index (χ1n) is 4.97. The van der Waals surface area contributed by atoms with Crippen LogP contribution in [0.2, 0.25) is 0 Å². The molecule has 0 saturated heterocycles. The molecule has 0 radical (unpaired) electrons. The van der Waals surface area contributed by atoms with Crippen LogP contribution in [0.15, 0.2) is 6.20 Å². The second kappa shape index (κ2) is 6.67. The van der Waals surface area contributed by atoms with E-state index in [1.54, 1.807) is 10.9 Å². The summed E-state index contributed by atoms with van der Waals surface area (Å²) in [4.78, 5) is 0. The predicted octanol–water partition coefficient (Wildman–Crippen LogP) is 2.65. The van der Waals surface area contributed by atoms with Crippen LogP contribution in [-0.4, -0.2) is 23.0 Å². The monoisotopic (exact) mass is 235 g/mol. The average Bonchev–Trinajstić information content (AvgIpc) is 2.46. The molecule has 1 N–H and O–H groups in total. The van der Waals surface area contributed by atoms with Crippen molar-refractivity contribution in [1.29, 1.82) is 0 Å². The minimum Gasteiger partial charge on any atom is -0.382 e. The molecule has 3 nitrogen and oxygen atoms in total. The summed E-state index contributed by atoms with van der Waals surface area (Å²) in [5.41, 5.74) is 2.01. The normalized spacial score (nSPS) is 10.2. The van der Waals surface area contributed by atoms with Crippen LogP contribution in [0.1, 0.15) is 19.5 Å². The molecule has 1 heterocycles. The lowest BCUT2D eigenvalue weighted by Gasteiger charge is -2.08. The van der Waals surface area contributed by atoms with Gasteiger partial charge in [-0.3, -0.25) is 4.68 Å². The number of aryl methyl sites for hydroxylation is 1. The van der Waals surface area contributed by atoms with Crippen molar-refractivity contribution >= 4 is 18.1 Å². The highest BCUT2D eigenvalue weighted by molar-refractivity contribution is 5.85. The Kier molecular flexibility index (Phi) is 6.32. The van der Waals surface area contributed by atoms with Crippen molar-refractivity contribution in [3.8, 4) is 0 Å². The van der Waals surface area contributed by atoms with Gasteiger partial charge in [-0.15, -0.1) is 12.4 Å². The van der Waals surface area contributed by atoms with Gasteiger partial charge in [0.1, 0.15) is 6.67 Å². The molecule has 0 unspecified atom stereocenters. The van der Waals surface area contributed by atoms with E-state index in [1.165, 1.54) is 0 Å². The minimum absolute atomic E-state index is 0. The Labute approximate surface area is 96.5 Å². The number of rotatable bonds is 5. The molecule has 0 aliphatic rings. The van der Waals surface area contributed by atoms with Crippen molar-refractivity contribution in [2.24, 2.45) is 5.92 Å². The smallest absolute Gasteiger partial charge is 0.109 e.